The Labute approximate surface area is 70.7 Å². The molecule has 0 saturated carbocycles. The minimum atomic E-state index is 0.843. The molecule has 1 rings (SSSR count). The van der Waals surface area contributed by atoms with Crippen LogP contribution in [0.4, 0.5) is 0 Å². The lowest BCUT2D eigenvalue weighted by molar-refractivity contribution is 0.519. The van der Waals surface area contributed by atoms with Gasteiger partial charge in [-0.15, -0.1) is 0 Å². The molecule has 1 atom stereocenters. The normalized spacial score (nSPS) is 34.6. The molecule has 0 heterocycles. The zero-order chi connectivity index (χ0) is 8.27. The topological polar surface area (TPSA) is 0 Å². The minimum Gasteiger partial charge on any atom is -0.0741 e. The van der Waals surface area contributed by atoms with Crippen molar-refractivity contribution in [2.24, 2.45) is 5.92 Å². The Bertz CT molecular complexity index is 153. The third-order valence-corrected chi connectivity index (χ3v) is 3.10. The summed E-state index contributed by atoms with van der Waals surface area (Å²) in [6.45, 7) is 6.98. The molecule has 1 aliphatic rings. The largest absolute Gasteiger partial charge is 0.0741 e. The molecule has 0 fully saturated rings. The molecule has 0 spiro atoms. The highest BCUT2D eigenvalue weighted by Crippen LogP contribution is 2.26. The van der Waals surface area contributed by atoms with E-state index < -0.39 is 0 Å². The Kier molecular flexibility index (Phi) is 3.16. The van der Waals surface area contributed by atoms with E-state index in [4.69, 9.17) is 0 Å². The smallest absolute Gasteiger partial charge is 0.0232 e. The van der Waals surface area contributed by atoms with Gasteiger partial charge < -0.3 is 0 Å². The molecule has 0 radical (unpaired) electrons. The highest BCUT2D eigenvalue weighted by molar-refractivity contribution is 5.12. The highest BCUT2D eigenvalue weighted by Gasteiger charge is 2.09. The molecular formula is C11H20. The summed E-state index contributed by atoms with van der Waals surface area (Å²) in [4.78, 5) is 0. The molecule has 0 bridgehead atoms. The van der Waals surface area contributed by atoms with Gasteiger partial charge in [-0.2, -0.15) is 0 Å². The molecule has 0 aromatic carbocycles. The first-order valence-electron chi connectivity index (χ1n) is 4.88. The molecule has 0 aromatic heterocycles. The summed E-state index contributed by atoms with van der Waals surface area (Å²) in [7, 11) is 0. The van der Waals surface area contributed by atoms with E-state index in [0.717, 1.165) is 5.92 Å². The van der Waals surface area contributed by atoms with Crippen molar-refractivity contribution in [2.75, 3.05) is 0 Å². The van der Waals surface area contributed by atoms with Crippen LogP contribution in [0.25, 0.3) is 0 Å². The Balaban J connectivity index is 2.66. The Morgan fingerprint density at radius 3 is 2.55 bits per heavy atom. The fraction of sp³-hybridized carbons (Fsp3) is 0.818. The van der Waals surface area contributed by atoms with Crippen molar-refractivity contribution in [1.82, 2.24) is 0 Å². The summed E-state index contributed by atoms with van der Waals surface area (Å²) < 4.78 is 0. The molecule has 0 aromatic rings. The van der Waals surface area contributed by atoms with Crippen molar-refractivity contribution in [3.05, 3.63) is 11.1 Å². The average Bonchev–Trinajstić information content (AvgIpc) is 2.00. The van der Waals surface area contributed by atoms with Gasteiger partial charge in [-0.1, -0.05) is 30.9 Å². The summed E-state index contributed by atoms with van der Waals surface area (Å²) in [5.74, 6) is 0.843. The predicted molar refractivity (Wildman–Crippen MR) is 50.6 cm³/mol. The van der Waals surface area contributed by atoms with Crippen molar-refractivity contribution >= 4 is 0 Å². The molecule has 0 N–H and O–H groups in total. The van der Waals surface area contributed by atoms with Crippen LogP contribution < -0.4 is 0 Å². The van der Waals surface area contributed by atoms with Crippen LogP contribution in [-0.4, -0.2) is 0 Å². The molecule has 64 valence electrons. The lowest BCUT2D eigenvalue weighted by atomic mass is 9.88. The van der Waals surface area contributed by atoms with Crippen LogP contribution >= 0.6 is 0 Å². The molecule has 1 aliphatic carbocycles. The van der Waals surface area contributed by atoms with E-state index in [1.54, 1.807) is 11.1 Å². The van der Waals surface area contributed by atoms with Crippen LogP contribution in [0.3, 0.4) is 0 Å². The maximum Gasteiger partial charge on any atom is -0.0232 e. The van der Waals surface area contributed by atoms with E-state index in [9.17, 15) is 0 Å². The fourth-order valence-electron chi connectivity index (χ4n) is 1.85. The second-order valence-corrected chi connectivity index (χ2v) is 3.96. The van der Waals surface area contributed by atoms with Crippen molar-refractivity contribution in [3.63, 3.8) is 0 Å². The first-order chi connectivity index (χ1) is 5.22. The maximum absolute atomic E-state index is 2.37. The molecule has 0 amide bonds. The molecule has 1 unspecified atom stereocenters. The van der Waals surface area contributed by atoms with Gasteiger partial charge in [-0.3, -0.25) is 0 Å². The molecule has 0 saturated heterocycles. The van der Waals surface area contributed by atoms with Crippen molar-refractivity contribution in [1.29, 1.82) is 0 Å². The monoisotopic (exact) mass is 152 g/mol. The molecule has 11 heavy (non-hydrogen) atoms. The molecule has 0 heteroatoms. The van der Waals surface area contributed by atoms with Gasteiger partial charge in [-0.05, 0) is 39.0 Å². The van der Waals surface area contributed by atoms with E-state index in [1.807, 2.05) is 0 Å². The molecule has 0 aliphatic heterocycles. The minimum absolute atomic E-state index is 0.843. The van der Waals surface area contributed by atoms with E-state index in [2.05, 4.69) is 20.8 Å². The Morgan fingerprint density at radius 2 is 1.82 bits per heavy atom. The van der Waals surface area contributed by atoms with E-state index in [1.165, 1.54) is 32.1 Å². The van der Waals surface area contributed by atoms with Gasteiger partial charge in [0.05, 0.1) is 0 Å². The summed E-state index contributed by atoms with van der Waals surface area (Å²) >= 11 is 0. The quantitative estimate of drug-likeness (QED) is 0.461. The van der Waals surface area contributed by atoms with Crippen LogP contribution in [0, 0.1) is 5.92 Å². The summed E-state index contributed by atoms with van der Waals surface area (Å²) in [5.41, 5.74) is 3.31. The standard InChI is InChI=1S/C11H20/c1-9-7-5-4-6-8-10(2)11(9)3/h9H,4-8H2,1-3H3/b11-10-. The van der Waals surface area contributed by atoms with Crippen molar-refractivity contribution in [3.8, 4) is 0 Å². The predicted octanol–water partition coefficient (Wildman–Crippen LogP) is 3.92. The lowest BCUT2D eigenvalue weighted by Crippen LogP contribution is -2.02. The van der Waals surface area contributed by atoms with E-state index >= 15 is 0 Å². The first kappa shape index (κ1) is 8.83. The van der Waals surface area contributed by atoms with Gasteiger partial charge >= 0.3 is 0 Å². The second kappa shape index (κ2) is 3.94. The number of hydrogen-bond acceptors (Lipinski definition) is 0. The first-order valence-corrected chi connectivity index (χ1v) is 4.88. The summed E-state index contributed by atoms with van der Waals surface area (Å²) in [6.07, 6.45) is 7.04. The van der Waals surface area contributed by atoms with Crippen LogP contribution in [0.15, 0.2) is 11.1 Å². The van der Waals surface area contributed by atoms with Crippen LogP contribution in [0.5, 0.6) is 0 Å². The second-order valence-electron chi connectivity index (χ2n) is 3.96. The third kappa shape index (κ3) is 2.36. The third-order valence-electron chi connectivity index (χ3n) is 3.10. The summed E-state index contributed by atoms with van der Waals surface area (Å²) in [6, 6.07) is 0. The van der Waals surface area contributed by atoms with Crippen LogP contribution in [0.2, 0.25) is 0 Å². The van der Waals surface area contributed by atoms with Gasteiger partial charge in [0.2, 0.25) is 0 Å². The average molecular weight is 152 g/mol. The van der Waals surface area contributed by atoms with Gasteiger partial charge in [0.25, 0.3) is 0 Å². The van der Waals surface area contributed by atoms with Gasteiger partial charge in [0.15, 0.2) is 0 Å². The number of hydrogen-bond donors (Lipinski definition) is 0. The zero-order valence-corrected chi connectivity index (χ0v) is 8.11. The van der Waals surface area contributed by atoms with Crippen LogP contribution in [0.1, 0.15) is 52.9 Å². The Morgan fingerprint density at radius 1 is 1.09 bits per heavy atom. The van der Waals surface area contributed by atoms with Gasteiger partial charge in [0.1, 0.15) is 0 Å². The van der Waals surface area contributed by atoms with E-state index in [0.29, 0.717) is 0 Å². The summed E-state index contributed by atoms with van der Waals surface area (Å²) in [5, 5.41) is 0. The maximum atomic E-state index is 2.37. The fourth-order valence-corrected chi connectivity index (χ4v) is 1.85. The van der Waals surface area contributed by atoms with Crippen molar-refractivity contribution < 1.29 is 0 Å². The molecular weight excluding hydrogens is 132 g/mol. The van der Waals surface area contributed by atoms with Crippen molar-refractivity contribution in [2.45, 2.75) is 52.9 Å². The van der Waals surface area contributed by atoms with E-state index in [-0.39, 0.29) is 0 Å². The van der Waals surface area contributed by atoms with Gasteiger partial charge in [0, 0.05) is 0 Å². The SMILES string of the molecule is C/C1=C(\C)C(C)CCCCC1. The number of allylic oxidation sites excluding steroid dienone is 2. The van der Waals surface area contributed by atoms with Gasteiger partial charge in [-0.25, -0.2) is 0 Å². The van der Waals surface area contributed by atoms with Crippen LogP contribution in [-0.2, 0) is 0 Å². The Hall–Kier alpha value is -0.260. The number of rotatable bonds is 0. The highest BCUT2D eigenvalue weighted by atomic mass is 14.2. The zero-order valence-electron chi connectivity index (χ0n) is 8.11. The molecule has 0 nitrogen and oxygen atoms in total. The lowest BCUT2D eigenvalue weighted by Gasteiger charge is -2.18.